The highest BCUT2D eigenvalue weighted by Crippen LogP contribution is 2.37. The predicted octanol–water partition coefficient (Wildman–Crippen LogP) is 1.12. The number of alkyl halides is 3. The predicted molar refractivity (Wildman–Crippen MR) is 47.5 cm³/mol. The van der Waals surface area contributed by atoms with E-state index in [0.29, 0.717) is 0 Å². The van der Waals surface area contributed by atoms with Crippen LogP contribution in [0.25, 0.3) is 0 Å². The number of carbonyl (C=O) groups is 2. The van der Waals surface area contributed by atoms with E-state index in [1.54, 1.807) is 0 Å². The lowest BCUT2D eigenvalue weighted by Gasteiger charge is -2.18. The van der Waals surface area contributed by atoms with Gasteiger partial charge in [-0.3, -0.25) is 9.59 Å². The molecule has 1 N–H and O–H groups in total. The van der Waals surface area contributed by atoms with Crippen LogP contribution in [0.15, 0.2) is 0 Å². The van der Waals surface area contributed by atoms with E-state index in [0.717, 1.165) is 4.90 Å². The molecule has 2 atom stereocenters. The van der Waals surface area contributed by atoms with Crippen molar-refractivity contribution >= 4 is 11.9 Å². The minimum absolute atomic E-state index is 0.0803. The zero-order valence-electron chi connectivity index (χ0n) is 8.62. The van der Waals surface area contributed by atoms with Gasteiger partial charge in [-0.15, -0.1) is 0 Å². The van der Waals surface area contributed by atoms with E-state index in [2.05, 4.69) is 0 Å². The zero-order chi connectivity index (χ0) is 12.5. The van der Waals surface area contributed by atoms with Crippen molar-refractivity contribution in [1.82, 2.24) is 4.90 Å². The summed E-state index contributed by atoms with van der Waals surface area (Å²) in [6.07, 6.45) is -4.50. The molecule has 1 aliphatic rings. The number of amides is 1. The van der Waals surface area contributed by atoms with Crippen LogP contribution in [0.5, 0.6) is 0 Å². The summed E-state index contributed by atoms with van der Waals surface area (Å²) >= 11 is 0. The van der Waals surface area contributed by atoms with Crippen LogP contribution in [0, 0.1) is 11.8 Å². The molecule has 0 aromatic rings. The maximum Gasteiger partial charge on any atom is 0.394 e. The van der Waals surface area contributed by atoms with Gasteiger partial charge in [0.25, 0.3) is 0 Å². The number of halogens is 3. The monoisotopic (exact) mass is 239 g/mol. The molecule has 0 saturated carbocycles. The minimum Gasteiger partial charge on any atom is -0.481 e. The zero-order valence-corrected chi connectivity index (χ0v) is 8.62. The van der Waals surface area contributed by atoms with E-state index in [9.17, 15) is 22.8 Å². The van der Waals surface area contributed by atoms with E-state index in [1.807, 2.05) is 0 Å². The topological polar surface area (TPSA) is 57.6 Å². The Morgan fingerprint density at radius 1 is 1.38 bits per heavy atom. The van der Waals surface area contributed by atoms with E-state index >= 15 is 0 Å². The van der Waals surface area contributed by atoms with Crippen LogP contribution in [0.1, 0.15) is 13.3 Å². The number of nitrogens with zero attached hydrogens (tertiary/aromatic N) is 1. The molecule has 0 aromatic carbocycles. The van der Waals surface area contributed by atoms with Gasteiger partial charge in [0, 0.05) is 19.5 Å². The van der Waals surface area contributed by atoms with Gasteiger partial charge < -0.3 is 10.0 Å². The summed E-state index contributed by atoms with van der Waals surface area (Å²) in [5.41, 5.74) is 0. The Kier molecular flexibility index (Phi) is 3.44. The molecule has 0 bridgehead atoms. The molecule has 7 heteroatoms. The molecule has 1 fully saturated rings. The highest BCUT2D eigenvalue weighted by molar-refractivity contribution is 5.78. The molecule has 0 unspecified atom stereocenters. The highest BCUT2D eigenvalue weighted by atomic mass is 19.4. The fourth-order valence-corrected chi connectivity index (χ4v) is 1.81. The number of rotatable bonds is 2. The average molecular weight is 239 g/mol. The molecule has 0 aromatic heterocycles. The molecule has 0 aliphatic carbocycles. The Balaban J connectivity index is 2.84. The first-order chi connectivity index (χ1) is 7.27. The summed E-state index contributed by atoms with van der Waals surface area (Å²) in [5, 5.41) is 8.68. The van der Waals surface area contributed by atoms with Gasteiger partial charge >= 0.3 is 12.1 Å². The Hall–Kier alpha value is -1.27. The summed E-state index contributed by atoms with van der Waals surface area (Å²) in [6.45, 7) is 0.623. The standard InChI is InChI=1S/C9H12F3NO3/c1-2-7(14)13-3-5(8(15)16)6(4-13)9(10,11)12/h5-6H,2-4H2,1H3,(H,15,16)/t5-,6-/m0/s1. The molecular weight excluding hydrogens is 227 g/mol. The van der Waals surface area contributed by atoms with Gasteiger partial charge in [-0.2, -0.15) is 13.2 Å². The van der Waals surface area contributed by atoms with Gasteiger partial charge in [-0.05, 0) is 0 Å². The molecule has 92 valence electrons. The lowest BCUT2D eigenvalue weighted by Crippen LogP contribution is -2.34. The van der Waals surface area contributed by atoms with Crippen LogP contribution in [-0.2, 0) is 9.59 Å². The van der Waals surface area contributed by atoms with Gasteiger partial charge in [0.1, 0.15) is 0 Å². The number of likely N-dealkylation sites (tertiary alicyclic amines) is 1. The van der Waals surface area contributed by atoms with Crippen molar-refractivity contribution in [2.45, 2.75) is 19.5 Å². The summed E-state index contributed by atoms with van der Waals surface area (Å²) in [6, 6.07) is 0. The van der Waals surface area contributed by atoms with Crippen LogP contribution in [0.3, 0.4) is 0 Å². The number of aliphatic carboxylic acids is 1. The Morgan fingerprint density at radius 2 is 1.94 bits per heavy atom. The molecule has 1 heterocycles. The third-order valence-corrected chi connectivity index (χ3v) is 2.71. The largest absolute Gasteiger partial charge is 0.481 e. The van der Waals surface area contributed by atoms with Gasteiger partial charge in [-0.1, -0.05) is 6.92 Å². The van der Waals surface area contributed by atoms with Crippen LogP contribution >= 0.6 is 0 Å². The number of carboxylic acid groups (broad SMARTS) is 1. The first-order valence-electron chi connectivity index (χ1n) is 4.84. The second-order valence-corrected chi connectivity index (χ2v) is 3.75. The second-order valence-electron chi connectivity index (χ2n) is 3.75. The third kappa shape index (κ3) is 2.45. The lowest BCUT2D eigenvalue weighted by atomic mass is 9.96. The van der Waals surface area contributed by atoms with Gasteiger partial charge in [-0.25, -0.2) is 0 Å². The number of hydrogen-bond acceptors (Lipinski definition) is 2. The van der Waals surface area contributed by atoms with Gasteiger partial charge in [0.15, 0.2) is 0 Å². The fraction of sp³-hybridized carbons (Fsp3) is 0.778. The van der Waals surface area contributed by atoms with Crippen LogP contribution in [0.2, 0.25) is 0 Å². The molecule has 1 amide bonds. The van der Waals surface area contributed by atoms with Crippen molar-refractivity contribution in [3.63, 3.8) is 0 Å². The number of hydrogen-bond donors (Lipinski definition) is 1. The molecule has 0 spiro atoms. The fourth-order valence-electron chi connectivity index (χ4n) is 1.81. The summed E-state index contributed by atoms with van der Waals surface area (Å²) in [4.78, 5) is 22.9. The quantitative estimate of drug-likeness (QED) is 0.785. The van der Waals surface area contributed by atoms with Crippen molar-refractivity contribution in [2.75, 3.05) is 13.1 Å². The van der Waals surface area contributed by atoms with Crippen molar-refractivity contribution < 1.29 is 27.9 Å². The number of carboxylic acids is 1. The van der Waals surface area contributed by atoms with Gasteiger partial charge in [0.05, 0.1) is 11.8 Å². The first kappa shape index (κ1) is 12.8. The number of carbonyl (C=O) groups excluding carboxylic acids is 1. The SMILES string of the molecule is CCC(=O)N1C[C@H](C(=O)O)[C@@H](C(F)(F)F)C1. The maximum absolute atomic E-state index is 12.5. The van der Waals surface area contributed by atoms with Crippen LogP contribution < -0.4 is 0 Å². The van der Waals surface area contributed by atoms with Crippen molar-refractivity contribution in [3.8, 4) is 0 Å². The molecule has 1 rings (SSSR count). The summed E-state index contributed by atoms with van der Waals surface area (Å²) in [5.74, 6) is -5.46. The molecule has 0 radical (unpaired) electrons. The summed E-state index contributed by atoms with van der Waals surface area (Å²) in [7, 11) is 0. The normalized spacial score (nSPS) is 25.9. The molecule has 4 nitrogen and oxygen atoms in total. The Labute approximate surface area is 90.0 Å². The van der Waals surface area contributed by atoms with Gasteiger partial charge in [0.2, 0.25) is 5.91 Å². The Bertz CT molecular complexity index is 303. The van der Waals surface area contributed by atoms with E-state index in [1.165, 1.54) is 6.92 Å². The molecule has 16 heavy (non-hydrogen) atoms. The van der Waals surface area contributed by atoms with Crippen molar-refractivity contribution in [1.29, 1.82) is 0 Å². The highest BCUT2D eigenvalue weighted by Gasteiger charge is 2.53. The Morgan fingerprint density at radius 3 is 2.25 bits per heavy atom. The second kappa shape index (κ2) is 4.31. The van der Waals surface area contributed by atoms with Crippen molar-refractivity contribution in [2.24, 2.45) is 11.8 Å². The van der Waals surface area contributed by atoms with Crippen LogP contribution in [0.4, 0.5) is 13.2 Å². The molecule has 1 saturated heterocycles. The van der Waals surface area contributed by atoms with Crippen molar-refractivity contribution in [3.05, 3.63) is 0 Å². The van der Waals surface area contributed by atoms with E-state index in [4.69, 9.17) is 5.11 Å². The third-order valence-electron chi connectivity index (χ3n) is 2.71. The maximum atomic E-state index is 12.5. The van der Waals surface area contributed by atoms with E-state index < -0.39 is 36.4 Å². The average Bonchev–Trinajstić information content (AvgIpc) is 2.60. The smallest absolute Gasteiger partial charge is 0.394 e. The van der Waals surface area contributed by atoms with Crippen LogP contribution in [-0.4, -0.2) is 41.1 Å². The summed E-state index contributed by atoms with van der Waals surface area (Å²) < 4.78 is 37.5. The molecule has 1 aliphatic heterocycles. The molecular formula is C9H12F3NO3. The lowest BCUT2D eigenvalue weighted by molar-refractivity contribution is -0.188. The first-order valence-corrected chi connectivity index (χ1v) is 4.84. The minimum atomic E-state index is -4.58. The van der Waals surface area contributed by atoms with E-state index in [-0.39, 0.29) is 13.0 Å².